The molecule has 0 N–H and O–H groups in total. The first-order chi connectivity index (χ1) is 15.8. The zero-order valence-electron chi connectivity index (χ0n) is 22.1. The molecule has 190 valence electrons. The van der Waals surface area contributed by atoms with Crippen LogP contribution < -0.4 is 0 Å². The Labute approximate surface area is 202 Å². The van der Waals surface area contributed by atoms with E-state index in [9.17, 15) is 4.79 Å². The minimum Gasteiger partial charge on any atom is -0.466 e. The molecule has 0 aromatic carbocycles. The smallest absolute Gasteiger partial charge is 0.305 e. The molecule has 0 aromatic heterocycles. The monoisotopic (exact) mass is 450 g/mol. The van der Waals surface area contributed by atoms with E-state index in [1.54, 1.807) is 0 Å². The maximum atomic E-state index is 11.8. The maximum absolute atomic E-state index is 11.8. The molecule has 0 rings (SSSR count). The number of hydrogen-bond donors (Lipinski definition) is 0. The van der Waals surface area contributed by atoms with Crippen molar-refractivity contribution in [1.82, 2.24) is 0 Å². The van der Waals surface area contributed by atoms with Crippen LogP contribution in [0.3, 0.4) is 0 Å². The normalized spacial score (nSPS) is 11.4. The molecule has 0 aliphatic heterocycles. The molecule has 2 nitrogen and oxygen atoms in total. The Morgan fingerprint density at radius 2 is 0.875 bits per heavy atom. The first-order valence-corrected chi connectivity index (χ1v) is 14.6. The van der Waals surface area contributed by atoms with Gasteiger partial charge >= 0.3 is 5.97 Å². The van der Waals surface area contributed by atoms with Crippen molar-refractivity contribution in [2.75, 3.05) is 6.61 Å². The highest BCUT2D eigenvalue weighted by Crippen LogP contribution is 2.12. The summed E-state index contributed by atoms with van der Waals surface area (Å²) < 4.78 is 5.39. The molecule has 0 atom stereocenters. The fourth-order valence-electron chi connectivity index (χ4n) is 4.19. The van der Waals surface area contributed by atoms with Crippen LogP contribution in [0.25, 0.3) is 0 Å². The SMILES string of the molecule is CCCCCCC/C=C/CCCCCCCCC(=O)OCCCCCCCCCCCC. The minimum atomic E-state index is 0.0146. The number of rotatable bonds is 26. The van der Waals surface area contributed by atoms with Crippen molar-refractivity contribution >= 4 is 5.97 Å². The summed E-state index contributed by atoms with van der Waals surface area (Å²) in [5.74, 6) is 0.0146. The summed E-state index contributed by atoms with van der Waals surface area (Å²) in [6, 6.07) is 0. The van der Waals surface area contributed by atoms with Gasteiger partial charge in [-0.3, -0.25) is 4.79 Å². The van der Waals surface area contributed by atoms with E-state index in [1.165, 1.54) is 135 Å². The lowest BCUT2D eigenvalue weighted by Crippen LogP contribution is -2.05. The summed E-state index contributed by atoms with van der Waals surface area (Å²) in [7, 11) is 0. The number of hydrogen-bond acceptors (Lipinski definition) is 2. The Morgan fingerprint density at radius 3 is 1.34 bits per heavy atom. The standard InChI is InChI=1S/C30H58O2/c1-3-5-7-9-11-13-15-16-17-18-19-20-22-24-26-28-30(31)32-29-27-25-23-21-14-12-10-8-6-4-2/h15-16H,3-14,17-29H2,1-2H3/b16-15+. The predicted octanol–water partition coefficient (Wildman–Crippen LogP) is 10.5. The lowest BCUT2D eigenvalue weighted by Gasteiger charge is -2.05. The van der Waals surface area contributed by atoms with Crippen LogP contribution in [0.1, 0.15) is 168 Å². The summed E-state index contributed by atoms with van der Waals surface area (Å²) in [6.45, 7) is 5.17. The van der Waals surface area contributed by atoms with Crippen molar-refractivity contribution in [3.63, 3.8) is 0 Å². The number of esters is 1. The van der Waals surface area contributed by atoms with Gasteiger partial charge in [0.15, 0.2) is 0 Å². The first-order valence-electron chi connectivity index (χ1n) is 14.6. The molecule has 0 heterocycles. The van der Waals surface area contributed by atoms with Crippen LogP contribution in [0.5, 0.6) is 0 Å². The summed E-state index contributed by atoms with van der Waals surface area (Å²) in [6.07, 6.45) is 35.3. The Kier molecular flexibility index (Phi) is 27.5. The van der Waals surface area contributed by atoms with Crippen LogP contribution in [-0.2, 0) is 9.53 Å². The second-order valence-electron chi connectivity index (χ2n) is 9.74. The summed E-state index contributed by atoms with van der Waals surface area (Å²) >= 11 is 0. The zero-order chi connectivity index (χ0) is 23.4. The molecule has 32 heavy (non-hydrogen) atoms. The third kappa shape index (κ3) is 27.2. The average molecular weight is 451 g/mol. The van der Waals surface area contributed by atoms with Crippen molar-refractivity contribution in [2.24, 2.45) is 0 Å². The molecule has 0 aliphatic carbocycles. The van der Waals surface area contributed by atoms with E-state index in [1.807, 2.05) is 0 Å². The van der Waals surface area contributed by atoms with E-state index in [-0.39, 0.29) is 5.97 Å². The molecular formula is C30H58O2. The maximum Gasteiger partial charge on any atom is 0.305 e. The first kappa shape index (κ1) is 31.2. The van der Waals surface area contributed by atoms with Crippen LogP contribution >= 0.6 is 0 Å². The van der Waals surface area contributed by atoms with Gasteiger partial charge in [0.05, 0.1) is 6.61 Å². The fraction of sp³-hybridized carbons (Fsp3) is 0.900. The summed E-state index contributed by atoms with van der Waals surface area (Å²) in [4.78, 5) is 11.8. The predicted molar refractivity (Wildman–Crippen MR) is 142 cm³/mol. The zero-order valence-corrected chi connectivity index (χ0v) is 22.1. The van der Waals surface area contributed by atoms with Gasteiger partial charge in [0.2, 0.25) is 0 Å². The molecule has 0 unspecified atom stereocenters. The van der Waals surface area contributed by atoms with E-state index in [0.29, 0.717) is 13.0 Å². The lowest BCUT2D eigenvalue weighted by molar-refractivity contribution is -0.143. The Morgan fingerprint density at radius 1 is 0.500 bits per heavy atom. The average Bonchev–Trinajstić information content (AvgIpc) is 2.80. The highest BCUT2D eigenvalue weighted by atomic mass is 16.5. The molecule has 0 aliphatic rings. The summed E-state index contributed by atoms with van der Waals surface area (Å²) in [5, 5.41) is 0. The van der Waals surface area contributed by atoms with Gasteiger partial charge in [-0.05, 0) is 38.5 Å². The molecule has 0 aromatic rings. The Balaban J connectivity index is 3.19. The topological polar surface area (TPSA) is 26.3 Å². The van der Waals surface area contributed by atoms with Gasteiger partial charge < -0.3 is 4.74 Å². The lowest BCUT2D eigenvalue weighted by atomic mass is 10.1. The minimum absolute atomic E-state index is 0.0146. The third-order valence-electron chi connectivity index (χ3n) is 6.40. The van der Waals surface area contributed by atoms with Crippen LogP contribution in [-0.4, -0.2) is 12.6 Å². The van der Waals surface area contributed by atoms with Gasteiger partial charge in [0, 0.05) is 6.42 Å². The van der Waals surface area contributed by atoms with Gasteiger partial charge in [0.25, 0.3) is 0 Å². The molecule has 0 spiro atoms. The Hall–Kier alpha value is -0.790. The van der Waals surface area contributed by atoms with Crippen LogP contribution in [0, 0.1) is 0 Å². The van der Waals surface area contributed by atoms with Gasteiger partial charge in [-0.15, -0.1) is 0 Å². The molecule has 0 saturated carbocycles. The number of ether oxygens (including phenoxy) is 1. The molecule has 0 radical (unpaired) electrons. The van der Waals surface area contributed by atoms with E-state index >= 15 is 0 Å². The number of allylic oxidation sites excluding steroid dienone is 2. The van der Waals surface area contributed by atoms with E-state index in [2.05, 4.69) is 26.0 Å². The van der Waals surface area contributed by atoms with E-state index in [0.717, 1.165) is 12.8 Å². The van der Waals surface area contributed by atoms with Gasteiger partial charge in [0.1, 0.15) is 0 Å². The van der Waals surface area contributed by atoms with Gasteiger partial charge in [-0.25, -0.2) is 0 Å². The third-order valence-corrected chi connectivity index (χ3v) is 6.40. The number of carbonyl (C=O) groups is 1. The quantitative estimate of drug-likeness (QED) is 0.0744. The van der Waals surface area contributed by atoms with Crippen molar-refractivity contribution < 1.29 is 9.53 Å². The van der Waals surface area contributed by atoms with E-state index < -0.39 is 0 Å². The van der Waals surface area contributed by atoms with Crippen LogP contribution in [0.4, 0.5) is 0 Å². The fourth-order valence-corrected chi connectivity index (χ4v) is 4.19. The molecule has 0 bridgehead atoms. The summed E-state index contributed by atoms with van der Waals surface area (Å²) in [5.41, 5.74) is 0. The molecule has 0 saturated heterocycles. The molecular weight excluding hydrogens is 392 g/mol. The number of carbonyl (C=O) groups excluding carboxylic acids is 1. The van der Waals surface area contributed by atoms with Crippen molar-refractivity contribution in [1.29, 1.82) is 0 Å². The largest absolute Gasteiger partial charge is 0.466 e. The molecule has 2 heteroatoms. The van der Waals surface area contributed by atoms with Gasteiger partial charge in [-0.2, -0.15) is 0 Å². The van der Waals surface area contributed by atoms with Gasteiger partial charge in [-0.1, -0.05) is 135 Å². The highest BCUT2D eigenvalue weighted by molar-refractivity contribution is 5.69. The van der Waals surface area contributed by atoms with Crippen LogP contribution in [0.15, 0.2) is 12.2 Å². The van der Waals surface area contributed by atoms with Crippen LogP contribution in [0.2, 0.25) is 0 Å². The Bertz CT molecular complexity index is 388. The number of unbranched alkanes of at least 4 members (excludes halogenated alkanes) is 20. The second-order valence-corrected chi connectivity index (χ2v) is 9.74. The van der Waals surface area contributed by atoms with E-state index in [4.69, 9.17) is 4.74 Å². The molecule has 0 amide bonds. The van der Waals surface area contributed by atoms with Crippen molar-refractivity contribution in [2.45, 2.75) is 168 Å². The molecule has 0 fully saturated rings. The van der Waals surface area contributed by atoms with Crippen molar-refractivity contribution in [3.05, 3.63) is 12.2 Å². The highest BCUT2D eigenvalue weighted by Gasteiger charge is 2.02. The van der Waals surface area contributed by atoms with Crippen molar-refractivity contribution in [3.8, 4) is 0 Å². The second kappa shape index (κ2) is 28.2.